The Morgan fingerprint density at radius 2 is 1.93 bits per heavy atom. The molecule has 0 saturated carbocycles. The van der Waals surface area contributed by atoms with E-state index in [0.29, 0.717) is 22.6 Å². The molecule has 0 fully saturated rings. The van der Waals surface area contributed by atoms with E-state index in [4.69, 9.17) is 10.8 Å². The summed E-state index contributed by atoms with van der Waals surface area (Å²) < 4.78 is 0.852. The number of hydrogen-bond donors (Lipinski definition) is 4. The molecule has 0 radical (unpaired) electrons. The largest absolute Gasteiger partial charge is 0.392 e. The van der Waals surface area contributed by atoms with E-state index in [0.717, 1.165) is 15.7 Å². The van der Waals surface area contributed by atoms with Crippen LogP contribution in [-0.4, -0.2) is 21.8 Å². The molecule has 27 heavy (non-hydrogen) atoms. The minimum Gasteiger partial charge on any atom is -0.392 e. The van der Waals surface area contributed by atoms with Gasteiger partial charge in [0.15, 0.2) is 5.82 Å². The van der Waals surface area contributed by atoms with Gasteiger partial charge in [0.2, 0.25) is 0 Å². The number of amidine groups is 2. The topological polar surface area (TPSA) is 96.1 Å². The molecule has 0 aliphatic carbocycles. The maximum Gasteiger partial charge on any atom is 0.154 e. The van der Waals surface area contributed by atoms with E-state index >= 15 is 0 Å². The first-order valence-electron chi connectivity index (χ1n) is 8.28. The van der Waals surface area contributed by atoms with Gasteiger partial charge in [0.1, 0.15) is 11.7 Å². The number of nitrogens with zero attached hydrogens (tertiary/aromatic N) is 2. The molecule has 6 nitrogen and oxygen atoms in total. The number of fused-ring (bicyclic) bond motifs is 2. The molecular formula is C20H16BrN5O. The van der Waals surface area contributed by atoms with E-state index in [2.05, 4.69) is 26.2 Å². The highest BCUT2D eigenvalue weighted by Gasteiger charge is 2.28. The molecule has 4 rings (SSSR count). The number of nitrogens with one attached hydrogen (secondary N) is 3. The van der Waals surface area contributed by atoms with Crippen LogP contribution < -0.4 is 10.2 Å². The van der Waals surface area contributed by atoms with Crippen LogP contribution in [0.15, 0.2) is 65.3 Å². The summed E-state index contributed by atoms with van der Waals surface area (Å²) in [6.45, 7) is -0.0504. The fourth-order valence-corrected chi connectivity index (χ4v) is 3.35. The van der Waals surface area contributed by atoms with E-state index < -0.39 is 0 Å². The summed E-state index contributed by atoms with van der Waals surface area (Å²) >= 11 is 3.46. The lowest BCUT2D eigenvalue weighted by molar-refractivity contribution is 0.282. The van der Waals surface area contributed by atoms with Gasteiger partial charge < -0.3 is 10.4 Å². The smallest absolute Gasteiger partial charge is 0.154 e. The maximum atomic E-state index is 9.24. The van der Waals surface area contributed by atoms with Crippen molar-refractivity contribution in [3.8, 4) is 0 Å². The van der Waals surface area contributed by atoms with Crippen LogP contribution in [-0.2, 0) is 6.61 Å². The van der Waals surface area contributed by atoms with Crippen LogP contribution in [0.3, 0.4) is 0 Å². The van der Waals surface area contributed by atoms with Gasteiger partial charge in [0.25, 0.3) is 0 Å². The van der Waals surface area contributed by atoms with Crippen LogP contribution >= 0.6 is 15.9 Å². The fourth-order valence-electron chi connectivity index (χ4n) is 2.99. The second-order valence-corrected chi connectivity index (χ2v) is 6.99. The molecule has 3 aromatic rings. The van der Waals surface area contributed by atoms with Crippen molar-refractivity contribution in [2.75, 3.05) is 10.2 Å². The SMILES string of the molecule is N=C(c1ccc(CO)cc1)N1C(=N)c2cc(Br)ccc2Nc2ncccc21. The summed E-state index contributed by atoms with van der Waals surface area (Å²) in [6.07, 6.45) is 1.68. The van der Waals surface area contributed by atoms with Crippen LogP contribution in [0.5, 0.6) is 0 Å². The molecule has 0 spiro atoms. The van der Waals surface area contributed by atoms with Crippen LogP contribution in [0.4, 0.5) is 17.2 Å². The van der Waals surface area contributed by atoms with E-state index in [1.54, 1.807) is 41.4 Å². The number of hydrogen-bond acceptors (Lipinski definition) is 5. The zero-order chi connectivity index (χ0) is 19.0. The number of halogens is 1. The normalized spacial score (nSPS) is 12.7. The zero-order valence-electron chi connectivity index (χ0n) is 14.2. The molecule has 0 saturated heterocycles. The Balaban J connectivity index is 1.86. The lowest BCUT2D eigenvalue weighted by Gasteiger charge is -2.25. The molecule has 134 valence electrons. The predicted octanol–water partition coefficient (Wildman–Crippen LogP) is 4.25. The van der Waals surface area contributed by atoms with E-state index in [9.17, 15) is 5.11 Å². The van der Waals surface area contributed by atoms with Gasteiger partial charge in [-0.25, -0.2) is 4.98 Å². The van der Waals surface area contributed by atoms with Crippen LogP contribution in [0.1, 0.15) is 16.7 Å². The third-order valence-electron chi connectivity index (χ3n) is 4.37. The summed E-state index contributed by atoms with van der Waals surface area (Å²) in [5.74, 6) is 0.926. The Morgan fingerprint density at radius 3 is 2.67 bits per heavy atom. The summed E-state index contributed by atoms with van der Waals surface area (Å²) in [5.41, 5.74) is 3.47. The molecule has 2 aromatic carbocycles. The van der Waals surface area contributed by atoms with Crippen LogP contribution in [0.2, 0.25) is 0 Å². The molecular weight excluding hydrogens is 406 g/mol. The Hall–Kier alpha value is -3.03. The number of aliphatic hydroxyl groups is 1. The number of aliphatic hydroxyl groups excluding tert-OH is 1. The maximum absolute atomic E-state index is 9.24. The van der Waals surface area contributed by atoms with E-state index in [1.807, 2.05) is 24.3 Å². The van der Waals surface area contributed by atoms with Gasteiger partial charge in [-0.05, 0) is 35.9 Å². The molecule has 0 amide bonds. The van der Waals surface area contributed by atoms with Gasteiger partial charge in [-0.1, -0.05) is 40.2 Å². The molecule has 1 aliphatic rings. The summed E-state index contributed by atoms with van der Waals surface area (Å²) in [4.78, 5) is 5.97. The van der Waals surface area contributed by atoms with Crippen molar-refractivity contribution < 1.29 is 5.11 Å². The van der Waals surface area contributed by atoms with E-state index in [1.165, 1.54) is 0 Å². The first kappa shape index (κ1) is 17.4. The highest BCUT2D eigenvalue weighted by molar-refractivity contribution is 9.10. The minimum atomic E-state index is -0.0504. The molecule has 2 heterocycles. The lowest BCUT2D eigenvalue weighted by atomic mass is 10.1. The molecule has 4 N–H and O–H groups in total. The van der Waals surface area contributed by atoms with Gasteiger partial charge in [0.05, 0.1) is 18.0 Å². The second-order valence-electron chi connectivity index (χ2n) is 6.07. The first-order chi connectivity index (χ1) is 13.1. The monoisotopic (exact) mass is 421 g/mol. The highest BCUT2D eigenvalue weighted by atomic mass is 79.9. The highest BCUT2D eigenvalue weighted by Crippen LogP contribution is 2.36. The van der Waals surface area contributed by atoms with Crippen molar-refractivity contribution in [3.05, 3.63) is 82.0 Å². The molecule has 0 bridgehead atoms. The van der Waals surface area contributed by atoms with Crippen molar-refractivity contribution in [1.82, 2.24) is 4.98 Å². The Morgan fingerprint density at radius 1 is 1.15 bits per heavy atom. The van der Waals surface area contributed by atoms with Crippen LogP contribution in [0.25, 0.3) is 0 Å². The van der Waals surface area contributed by atoms with Crippen molar-refractivity contribution in [1.29, 1.82) is 10.8 Å². The minimum absolute atomic E-state index is 0.0504. The number of benzene rings is 2. The Bertz CT molecular complexity index is 1050. The lowest BCUT2D eigenvalue weighted by Crippen LogP contribution is -2.36. The Labute approximate surface area is 164 Å². The van der Waals surface area contributed by atoms with Crippen molar-refractivity contribution in [3.63, 3.8) is 0 Å². The van der Waals surface area contributed by atoms with Crippen LogP contribution in [0, 0.1) is 10.8 Å². The summed E-state index contributed by atoms with van der Waals surface area (Å²) in [6, 6.07) is 16.4. The molecule has 7 heteroatoms. The number of aromatic nitrogens is 1. The van der Waals surface area contributed by atoms with Gasteiger partial charge in [-0.2, -0.15) is 0 Å². The third kappa shape index (κ3) is 3.11. The average molecular weight is 422 g/mol. The second kappa shape index (κ2) is 6.94. The Kier molecular flexibility index (Phi) is 4.47. The predicted molar refractivity (Wildman–Crippen MR) is 110 cm³/mol. The van der Waals surface area contributed by atoms with Crippen molar-refractivity contribution in [2.24, 2.45) is 0 Å². The van der Waals surface area contributed by atoms with Crippen molar-refractivity contribution in [2.45, 2.75) is 6.61 Å². The number of pyridine rings is 1. The molecule has 0 unspecified atom stereocenters. The van der Waals surface area contributed by atoms with E-state index in [-0.39, 0.29) is 18.3 Å². The quantitative estimate of drug-likeness (QED) is 0.367. The number of rotatable bonds is 2. The summed E-state index contributed by atoms with van der Waals surface area (Å²) in [5, 5.41) is 30.1. The van der Waals surface area contributed by atoms with Gasteiger partial charge in [-0.15, -0.1) is 0 Å². The fraction of sp³-hybridized carbons (Fsp3) is 0.0500. The zero-order valence-corrected chi connectivity index (χ0v) is 15.8. The van der Waals surface area contributed by atoms with Gasteiger partial charge >= 0.3 is 0 Å². The molecule has 1 aliphatic heterocycles. The molecule has 0 atom stereocenters. The van der Waals surface area contributed by atoms with Crippen molar-refractivity contribution >= 4 is 44.8 Å². The molecule has 1 aromatic heterocycles. The third-order valence-corrected chi connectivity index (χ3v) is 4.87. The summed E-state index contributed by atoms with van der Waals surface area (Å²) in [7, 11) is 0. The average Bonchev–Trinajstić information content (AvgIpc) is 2.82. The van der Waals surface area contributed by atoms with Gasteiger partial charge in [0, 0.05) is 21.8 Å². The standard InChI is InChI=1S/C20H16BrN5O/c21-14-7-8-16-15(10-14)19(23)26(17-2-1-9-24-20(17)25-16)18(22)13-5-3-12(11-27)4-6-13/h1-10,22-23,27H,11H2,(H,24,25). The first-order valence-corrected chi connectivity index (χ1v) is 9.07. The van der Waals surface area contributed by atoms with Gasteiger partial charge in [-0.3, -0.25) is 15.7 Å². The number of anilines is 3.